The second-order valence-electron chi connectivity index (χ2n) is 8.35. The lowest BCUT2D eigenvalue weighted by Crippen LogP contribution is -2.07. The molecule has 45 heavy (non-hydrogen) atoms. The third-order valence-corrected chi connectivity index (χ3v) is 5.66. The molecule has 0 radical (unpaired) electrons. The van der Waals surface area contributed by atoms with Crippen LogP contribution >= 0.6 is 34.8 Å². The number of phenolic OH excluding ortho intramolecular Hbond substituents is 2. The van der Waals surface area contributed by atoms with E-state index in [1.165, 1.54) is 38.1 Å². The van der Waals surface area contributed by atoms with Crippen molar-refractivity contribution in [3.8, 4) is 11.5 Å². The molecule has 0 aliphatic carbocycles. The van der Waals surface area contributed by atoms with Crippen LogP contribution in [0.15, 0.2) is 59.0 Å². The Balaban J connectivity index is 0.000000573. The molecule has 0 saturated heterocycles. The summed E-state index contributed by atoms with van der Waals surface area (Å²) in [4.78, 5) is 34.8. The molecular formula is C29H33Cl3N4O9. The smallest absolute Gasteiger partial charge is 0.329 e. The van der Waals surface area contributed by atoms with Gasteiger partial charge in [0.1, 0.15) is 27.9 Å². The van der Waals surface area contributed by atoms with Crippen LogP contribution in [-0.2, 0) is 20.7 Å². The lowest BCUT2D eigenvalue weighted by molar-refractivity contribution is -0.385. The van der Waals surface area contributed by atoms with Gasteiger partial charge in [-0.25, -0.2) is 4.98 Å². The van der Waals surface area contributed by atoms with Gasteiger partial charge in [-0.3, -0.25) is 25.1 Å². The van der Waals surface area contributed by atoms with Crippen molar-refractivity contribution in [2.75, 3.05) is 19.5 Å². The second-order valence-corrected chi connectivity index (χ2v) is 9.57. The average Bonchev–Trinajstić information content (AvgIpc) is 3.36. The van der Waals surface area contributed by atoms with Crippen LogP contribution in [0.3, 0.4) is 0 Å². The molecule has 16 heteroatoms. The van der Waals surface area contributed by atoms with Crippen molar-refractivity contribution < 1.29 is 39.0 Å². The van der Waals surface area contributed by atoms with Crippen LogP contribution in [0.25, 0.3) is 11.1 Å². The van der Waals surface area contributed by atoms with E-state index in [-0.39, 0.29) is 46.8 Å². The first-order valence-electron chi connectivity index (χ1n) is 12.7. The lowest BCUT2D eigenvalue weighted by Gasteiger charge is -1.99. The molecular weight excluding hydrogens is 655 g/mol. The number of carbonyl (C=O) groups is 2. The van der Waals surface area contributed by atoms with Crippen molar-refractivity contribution in [2.45, 2.75) is 33.6 Å². The van der Waals surface area contributed by atoms with Crippen LogP contribution in [0.4, 0.5) is 11.4 Å². The number of hydrogen-bond donors (Lipinski definition) is 5. The van der Waals surface area contributed by atoms with Gasteiger partial charge in [0.15, 0.2) is 17.2 Å². The van der Waals surface area contributed by atoms with Crippen molar-refractivity contribution in [3.05, 3.63) is 85.7 Å². The third-order valence-electron chi connectivity index (χ3n) is 4.72. The molecule has 4 rings (SSSR count). The Kier molecular flexibility index (Phi) is 19.2. The number of fused-ring (bicyclic) bond motifs is 1. The Morgan fingerprint density at radius 2 is 1.49 bits per heavy atom. The second kappa shape index (κ2) is 21.3. The summed E-state index contributed by atoms with van der Waals surface area (Å²) in [6, 6.07) is 14.0. The molecule has 0 amide bonds. The fraction of sp³-hybridized carbons (Fsp3) is 0.241. The van der Waals surface area contributed by atoms with E-state index >= 15 is 0 Å². The van der Waals surface area contributed by atoms with Gasteiger partial charge in [-0.2, -0.15) is 0 Å². The van der Waals surface area contributed by atoms with Crippen molar-refractivity contribution in [3.63, 3.8) is 0 Å². The molecule has 0 aliphatic rings. The molecule has 13 nitrogen and oxygen atoms in total. The van der Waals surface area contributed by atoms with Gasteiger partial charge in [-0.1, -0.05) is 53.0 Å². The number of rotatable bonds is 6. The van der Waals surface area contributed by atoms with Gasteiger partial charge >= 0.3 is 5.69 Å². The first-order valence-corrected chi connectivity index (χ1v) is 13.8. The maximum absolute atomic E-state index is 10.8. The number of Topliss-reactive ketones (excluding diaryl/α,β-unsaturated/α-hetero) is 2. The van der Waals surface area contributed by atoms with Crippen LogP contribution in [0.2, 0.25) is 15.1 Å². The number of nitrogens with one attached hydrogen (secondary N) is 1. The Morgan fingerprint density at radius 3 is 1.91 bits per heavy atom. The number of aliphatic hydroxyl groups excluding tert-OH is 1. The number of aromatic hydroxyl groups is 2. The van der Waals surface area contributed by atoms with E-state index in [0.717, 1.165) is 7.11 Å². The minimum Gasteiger partial charge on any atom is -0.506 e. The summed E-state index contributed by atoms with van der Waals surface area (Å²) in [6.07, 6.45) is 0.332. The third kappa shape index (κ3) is 15.2. The van der Waals surface area contributed by atoms with Crippen molar-refractivity contribution in [1.82, 2.24) is 4.98 Å². The van der Waals surface area contributed by atoms with E-state index in [4.69, 9.17) is 70.4 Å². The summed E-state index contributed by atoms with van der Waals surface area (Å²) in [7, 11) is 1.00. The minimum absolute atomic E-state index is 0.0210. The van der Waals surface area contributed by atoms with Crippen LogP contribution in [0, 0.1) is 15.5 Å². The number of benzene rings is 3. The fourth-order valence-electron chi connectivity index (χ4n) is 2.91. The first-order chi connectivity index (χ1) is 21.2. The Hall–Kier alpha value is -4.43. The summed E-state index contributed by atoms with van der Waals surface area (Å²) < 4.78 is 10.1. The number of para-hydroxylation sites is 3. The zero-order valence-corrected chi connectivity index (χ0v) is 27.0. The fourth-order valence-corrected chi connectivity index (χ4v) is 3.53. The van der Waals surface area contributed by atoms with Crippen LogP contribution in [0.1, 0.15) is 33.1 Å². The van der Waals surface area contributed by atoms with Gasteiger partial charge in [0, 0.05) is 7.11 Å². The van der Waals surface area contributed by atoms with Crippen LogP contribution < -0.4 is 5.73 Å². The van der Waals surface area contributed by atoms with E-state index in [2.05, 4.69) is 4.98 Å². The van der Waals surface area contributed by atoms with Gasteiger partial charge in [-0.05, 0) is 57.2 Å². The van der Waals surface area contributed by atoms with Gasteiger partial charge in [0.25, 0.3) is 0 Å². The molecule has 3 aromatic carbocycles. The molecule has 0 unspecified atom stereocenters. The summed E-state index contributed by atoms with van der Waals surface area (Å²) in [5, 5.41) is 42.9. The summed E-state index contributed by atoms with van der Waals surface area (Å²) in [6.45, 7) is 5.19. The highest BCUT2D eigenvalue weighted by Gasteiger charge is 2.16. The molecule has 0 aliphatic heterocycles. The molecule has 0 spiro atoms. The van der Waals surface area contributed by atoms with Crippen molar-refractivity contribution in [1.29, 1.82) is 5.41 Å². The number of oxazole rings is 1. The number of aliphatic hydroxyl groups is 1. The zero-order valence-electron chi connectivity index (χ0n) is 24.7. The topological polar surface area (TPSA) is 223 Å². The predicted molar refractivity (Wildman–Crippen MR) is 173 cm³/mol. The standard InChI is InChI=1S/C10H8ClNO2.C6H4ClNO3.C6H6ClNO.C6H11NO2.CH4O/c1-6(13)5-9-12-10-7(11)3-2-4-8(10)14-9;7-4-2-1-3-5(9)6(4)8(10)11;7-4-2-1-3-5(9)6(4)8;1-3-9-6(7)4-5(2)8;1-2/h2-4H,5H2,1H3;1-3,9H;1-3,9H,8H2;7H,3-4H2,1-2H3;2H,1H3. The van der Waals surface area contributed by atoms with E-state index in [1.54, 1.807) is 37.3 Å². The minimum atomic E-state index is -0.725. The lowest BCUT2D eigenvalue weighted by atomic mass is 10.3. The van der Waals surface area contributed by atoms with E-state index in [0.29, 0.717) is 33.6 Å². The molecule has 1 aromatic heterocycles. The quantitative estimate of drug-likeness (QED) is 0.0354. The van der Waals surface area contributed by atoms with E-state index in [1.807, 2.05) is 0 Å². The summed E-state index contributed by atoms with van der Waals surface area (Å²) in [5.74, 6) is 0.0803. The highest BCUT2D eigenvalue weighted by atomic mass is 35.5. The predicted octanol–water partition coefficient (Wildman–Crippen LogP) is 6.78. The number of nitro benzene ring substituents is 1. The monoisotopic (exact) mass is 686 g/mol. The largest absolute Gasteiger partial charge is 0.506 e. The highest BCUT2D eigenvalue weighted by Crippen LogP contribution is 2.32. The number of nitro groups is 1. The Bertz CT molecular complexity index is 1540. The molecule has 0 fully saturated rings. The van der Waals surface area contributed by atoms with Gasteiger partial charge in [0.05, 0.1) is 40.1 Å². The maximum Gasteiger partial charge on any atom is 0.329 e. The van der Waals surface area contributed by atoms with Crippen molar-refractivity contribution >= 4 is 74.7 Å². The molecule has 6 N–H and O–H groups in total. The molecule has 0 bridgehead atoms. The van der Waals surface area contributed by atoms with Crippen LogP contribution in [0.5, 0.6) is 11.5 Å². The van der Waals surface area contributed by atoms with E-state index in [9.17, 15) is 19.7 Å². The van der Waals surface area contributed by atoms with Crippen molar-refractivity contribution in [2.24, 2.45) is 0 Å². The number of ether oxygens (including phenoxy) is 1. The molecule has 0 saturated carbocycles. The van der Waals surface area contributed by atoms with Gasteiger partial charge < -0.3 is 30.2 Å². The number of ketones is 2. The Morgan fingerprint density at radius 1 is 0.956 bits per heavy atom. The number of nitrogen functional groups attached to an aromatic ring is 1. The number of nitrogens with zero attached hydrogens (tertiary/aromatic N) is 2. The number of phenols is 2. The average molecular weight is 688 g/mol. The van der Waals surface area contributed by atoms with E-state index < -0.39 is 16.4 Å². The molecule has 244 valence electrons. The number of halogens is 3. The summed E-state index contributed by atoms with van der Waals surface area (Å²) in [5.41, 5.74) is 6.32. The SMILES string of the molecule is CC(=O)Cc1nc2c(Cl)cccc2o1.CCOC(=N)CC(C)=O.CO.Nc1c(O)cccc1Cl.O=[N+]([O-])c1c(O)cccc1Cl. The molecule has 1 heterocycles. The maximum atomic E-state index is 10.8. The Labute approximate surface area is 273 Å². The van der Waals surface area contributed by atoms with Gasteiger partial charge in [-0.15, -0.1) is 0 Å². The van der Waals surface area contributed by atoms with Crippen LogP contribution in [-0.4, -0.2) is 56.4 Å². The number of carbonyl (C=O) groups excluding carboxylic acids is 2. The number of aromatic nitrogens is 1. The molecule has 4 aromatic rings. The summed E-state index contributed by atoms with van der Waals surface area (Å²) >= 11 is 16.9. The first kappa shape index (κ1) is 40.6. The van der Waals surface area contributed by atoms with Gasteiger partial charge in [0.2, 0.25) is 5.89 Å². The normalized spacial score (nSPS) is 9.42. The molecule has 0 atom stereocenters. The number of anilines is 1. The zero-order chi connectivity index (χ0) is 34.7. The number of hydrogen-bond acceptors (Lipinski definition) is 12. The highest BCUT2D eigenvalue weighted by molar-refractivity contribution is 6.35. The number of nitrogens with two attached hydrogens (primary N) is 1.